The van der Waals surface area contributed by atoms with E-state index in [2.05, 4.69) is 15.6 Å². The summed E-state index contributed by atoms with van der Waals surface area (Å²) in [7, 11) is -3.87. The summed E-state index contributed by atoms with van der Waals surface area (Å²) in [5.74, 6) is -1.45. The highest BCUT2D eigenvalue weighted by atomic mass is 35.5. The number of ether oxygens (including phenoxy) is 1. The van der Waals surface area contributed by atoms with Crippen LogP contribution in [0.1, 0.15) is 10.4 Å². The number of hydrazine groups is 1. The molecule has 2 amide bonds. The fourth-order valence-corrected chi connectivity index (χ4v) is 3.62. The molecule has 0 saturated heterocycles. The molecular formula is C21H17ClFN3O5S. The molecule has 0 spiro atoms. The second kappa shape index (κ2) is 10.1. The van der Waals surface area contributed by atoms with Gasteiger partial charge in [0.1, 0.15) is 11.6 Å². The van der Waals surface area contributed by atoms with Gasteiger partial charge in [-0.15, -0.1) is 0 Å². The van der Waals surface area contributed by atoms with Crippen molar-refractivity contribution >= 4 is 39.1 Å². The summed E-state index contributed by atoms with van der Waals surface area (Å²) < 4.78 is 45.3. The number of nitrogens with one attached hydrogen (secondary N) is 3. The van der Waals surface area contributed by atoms with Crippen LogP contribution < -0.4 is 20.3 Å². The third kappa shape index (κ3) is 6.43. The maximum atomic E-state index is 12.8. The minimum absolute atomic E-state index is 0.0549. The lowest BCUT2D eigenvalue weighted by molar-refractivity contribution is -0.123. The Labute approximate surface area is 188 Å². The zero-order valence-electron chi connectivity index (χ0n) is 16.3. The molecule has 0 fully saturated rings. The molecule has 0 aliphatic rings. The van der Waals surface area contributed by atoms with Crippen LogP contribution in [0.2, 0.25) is 5.02 Å². The highest BCUT2D eigenvalue weighted by Gasteiger charge is 2.15. The number of hydrogen-bond acceptors (Lipinski definition) is 5. The Morgan fingerprint density at radius 2 is 1.50 bits per heavy atom. The molecule has 0 radical (unpaired) electrons. The van der Waals surface area contributed by atoms with Crippen molar-refractivity contribution in [2.24, 2.45) is 0 Å². The Morgan fingerprint density at radius 1 is 0.875 bits per heavy atom. The van der Waals surface area contributed by atoms with E-state index in [1.807, 2.05) is 0 Å². The SMILES string of the molecule is O=C(COc1ccc(F)cc1)NNC(=O)c1ccc(S(=O)(=O)Nc2ccc(Cl)cc2)cc1. The smallest absolute Gasteiger partial charge is 0.276 e. The number of anilines is 1. The molecule has 0 atom stereocenters. The summed E-state index contributed by atoms with van der Waals surface area (Å²) in [6, 6.07) is 16.3. The van der Waals surface area contributed by atoms with Gasteiger partial charge in [0.15, 0.2) is 6.61 Å². The number of benzene rings is 3. The normalized spacial score (nSPS) is 10.8. The second-order valence-corrected chi connectivity index (χ2v) is 8.50. The molecule has 0 aromatic heterocycles. The monoisotopic (exact) mass is 477 g/mol. The Balaban J connectivity index is 1.52. The first-order chi connectivity index (χ1) is 15.2. The number of carbonyl (C=O) groups excluding carboxylic acids is 2. The van der Waals surface area contributed by atoms with E-state index in [4.69, 9.17) is 16.3 Å². The first kappa shape index (κ1) is 23.0. The van der Waals surface area contributed by atoms with Crippen LogP contribution in [0.4, 0.5) is 10.1 Å². The largest absolute Gasteiger partial charge is 0.484 e. The van der Waals surface area contributed by atoms with E-state index < -0.39 is 34.3 Å². The molecular weight excluding hydrogens is 461 g/mol. The molecule has 3 rings (SSSR count). The Hall–Kier alpha value is -3.63. The van der Waals surface area contributed by atoms with Crippen LogP contribution in [-0.4, -0.2) is 26.8 Å². The lowest BCUT2D eigenvalue weighted by Crippen LogP contribution is -2.43. The quantitative estimate of drug-likeness (QED) is 0.452. The Kier molecular flexibility index (Phi) is 7.29. The third-order valence-electron chi connectivity index (χ3n) is 4.02. The predicted octanol–water partition coefficient (Wildman–Crippen LogP) is 3.12. The molecule has 0 heterocycles. The molecule has 0 aliphatic carbocycles. The maximum absolute atomic E-state index is 12.8. The zero-order valence-corrected chi connectivity index (χ0v) is 17.9. The summed E-state index contributed by atoms with van der Waals surface area (Å²) in [6.07, 6.45) is 0. The van der Waals surface area contributed by atoms with E-state index in [-0.39, 0.29) is 16.2 Å². The summed E-state index contributed by atoms with van der Waals surface area (Å²) in [4.78, 5) is 23.9. The van der Waals surface area contributed by atoms with Crippen molar-refractivity contribution in [3.8, 4) is 5.75 Å². The fourth-order valence-electron chi connectivity index (χ4n) is 2.43. The van der Waals surface area contributed by atoms with E-state index in [9.17, 15) is 22.4 Å². The first-order valence-electron chi connectivity index (χ1n) is 9.09. The van der Waals surface area contributed by atoms with Crippen LogP contribution >= 0.6 is 11.6 Å². The highest BCUT2D eigenvalue weighted by molar-refractivity contribution is 7.92. The molecule has 0 saturated carbocycles. The van der Waals surface area contributed by atoms with E-state index in [0.717, 1.165) is 0 Å². The first-order valence-corrected chi connectivity index (χ1v) is 10.9. The second-order valence-electron chi connectivity index (χ2n) is 6.38. The number of carbonyl (C=O) groups is 2. The molecule has 166 valence electrons. The van der Waals surface area contributed by atoms with Crippen LogP contribution in [0.3, 0.4) is 0 Å². The van der Waals surface area contributed by atoms with Crippen molar-refractivity contribution in [1.29, 1.82) is 0 Å². The topological polar surface area (TPSA) is 114 Å². The van der Waals surface area contributed by atoms with Gasteiger partial charge < -0.3 is 4.74 Å². The Morgan fingerprint density at radius 3 is 2.12 bits per heavy atom. The molecule has 3 aromatic rings. The minimum Gasteiger partial charge on any atom is -0.484 e. The fraction of sp³-hybridized carbons (Fsp3) is 0.0476. The number of rotatable bonds is 7. The third-order valence-corrected chi connectivity index (χ3v) is 5.67. The molecule has 8 nitrogen and oxygen atoms in total. The van der Waals surface area contributed by atoms with Crippen molar-refractivity contribution in [3.05, 3.63) is 89.2 Å². The van der Waals surface area contributed by atoms with Gasteiger partial charge >= 0.3 is 0 Å². The minimum atomic E-state index is -3.87. The van der Waals surface area contributed by atoms with Gasteiger partial charge in [0.25, 0.3) is 21.8 Å². The summed E-state index contributed by atoms with van der Waals surface area (Å²) in [5.41, 5.74) is 4.81. The molecule has 32 heavy (non-hydrogen) atoms. The van der Waals surface area contributed by atoms with Crippen LogP contribution in [0.15, 0.2) is 77.7 Å². The highest BCUT2D eigenvalue weighted by Crippen LogP contribution is 2.19. The van der Waals surface area contributed by atoms with Gasteiger partial charge in [0.05, 0.1) is 4.90 Å². The van der Waals surface area contributed by atoms with E-state index in [1.54, 1.807) is 12.1 Å². The van der Waals surface area contributed by atoms with Crippen LogP contribution in [0.25, 0.3) is 0 Å². The zero-order chi connectivity index (χ0) is 23.1. The number of amides is 2. The number of hydrogen-bond donors (Lipinski definition) is 3. The van der Waals surface area contributed by atoms with Gasteiger partial charge in [0.2, 0.25) is 0 Å². The number of sulfonamides is 1. The molecule has 0 aliphatic heterocycles. The van der Waals surface area contributed by atoms with Crippen molar-refractivity contribution < 1.29 is 27.1 Å². The Bertz CT molecular complexity index is 1200. The summed E-state index contributed by atoms with van der Waals surface area (Å²) >= 11 is 5.78. The predicted molar refractivity (Wildman–Crippen MR) is 116 cm³/mol. The summed E-state index contributed by atoms with van der Waals surface area (Å²) in [5, 5.41) is 0.470. The van der Waals surface area contributed by atoms with Crippen LogP contribution in [0, 0.1) is 5.82 Å². The van der Waals surface area contributed by atoms with Gasteiger partial charge in [-0.1, -0.05) is 11.6 Å². The molecule has 0 unspecified atom stereocenters. The van der Waals surface area contributed by atoms with Crippen molar-refractivity contribution in [2.45, 2.75) is 4.90 Å². The van der Waals surface area contributed by atoms with Crippen molar-refractivity contribution in [3.63, 3.8) is 0 Å². The maximum Gasteiger partial charge on any atom is 0.276 e. The average Bonchev–Trinajstić information content (AvgIpc) is 2.78. The lowest BCUT2D eigenvalue weighted by atomic mass is 10.2. The van der Waals surface area contributed by atoms with E-state index in [0.29, 0.717) is 10.7 Å². The van der Waals surface area contributed by atoms with Gasteiger partial charge in [-0.05, 0) is 72.8 Å². The van der Waals surface area contributed by atoms with Gasteiger partial charge in [-0.25, -0.2) is 12.8 Å². The number of halogens is 2. The molecule has 3 aromatic carbocycles. The molecule has 0 bridgehead atoms. The molecule has 3 N–H and O–H groups in total. The standard InChI is InChI=1S/C21H17ClFN3O5S/c22-15-3-7-17(8-4-15)26-32(29,30)19-11-1-14(2-12-19)21(28)25-24-20(27)13-31-18-9-5-16(23)6-10-18/h1-12,26H,13H2,(H,24,27)(H,25,28). The summed E-state index contributed by atoms with van der Waals surface area (Å²) in [6.45, 7) is -0.403. The average molecular weight is 478 g/mol. The van der Waals surface area contributed by atoms with Crippen molar-refractivity contribution in [1.82, 2.24) is 10.9 Å². The van der Waals surface area contributed by atoms with Gasteiger partial charge in [-0.3, -0.25) is 25.2 Å². The van der Waals surface area contributed by atoms with E-state index >= 15 is 0 Å². The van der Waals surface area contributed by atoms with Gasteiger partial charge in [0, 0.05) is 16.3 Å². The lowest BCUT2D eigenvalue weighted by Gasteiger charge is -2.10. The van der Waals surface area contributed by atoms with E-state index in [1.165, 1.54) is 60.7 Å². The molecule has 11 heteroatoms. The van der Waals surface area contributed by atoms with Crippen molar-refractivity contribution in [2.75, 3.05) is 11.3 Å². The van der Waals surface area contributed by atoms with Gasteiger partial charge in [-0.2, -0.15) is 0 Å². The van der Waals surface area contributed by atoms with Crippen LogP contribution in [-0.2, 0) is 14.8 Å². The van der Waals surface area contributed by atoms with Crippen LogP contribution in [0.5, 0.6) is 5.75 Å².